The molecule has 3 heteroatoms. The largest absolute Gasteiger partial charge is 0.454 e. The highest BCUT2D eigenvalue weighted by atomic mass is 16.7. The van der Waals surface area contributed by atoms with E-state index in [1.54, 1.807) is 0 Å². The second-order valence-electron chi connectivity index (χ2n) is 8.14. The number of rotatable bonds is 4. The molecule has 0 amide bonds. The molecule has 31 heavy (non-hydrogen) atoms. The first-order valence-electron chi connectivity index (χ1n) is 10.7. The van der Waals surface area contributed by atoms with E-state index in [0.29, 0.717) is 6.79 Å². The molecule has 0 aromatic heterocycles. The fraction of sp³-hybridized carbons (Fsp3) is 0.143. The molecule has 2 heterocycles. The van der Waals surface area contributed by atoms with E-state index in [2.05, 4.69) is 108 Å². The Labute approximate surface area is 182 Å². The van der Waals surface area contributed by atoms with E-state index in [-0.39, 0.29) is 0 Å². The lowest BCUT2D eigenvalue weighted by atomic mass is 9.75. The van der Waals surface area contributed by atoms with Crippen LogP contribution < -0.4 is 9.47 Å². The molecule has 4 aromatic rings. The van der Waals surface area contributed by atoms with E-state index in [1.165, 1.54) is 27.8 Å². The van der Waals surface area contributed by atoms with E-state index in [0.717, 1.165) is 24.6 Å². The molecule has 4 aromatic carbocycles. The molecule has 0 radical (unpaired) electrons. The Morgan fingerprint density at radius 3 is 1.32 bits per heavy atom. The van der Waals surface area contributed by atoms with Crippen LogP contribution >= 0.6 is 0 Å². The van der Waals surface area contributed by atoms with Gasteiger partial charge in [0.1, 0.15) is 0 Å². The van der Waals surface area contributed by atoms with E-state index >= 15 is 0 Å². The molecular formula is C28H23NO2. The van der Waals surface area contributed by atoms with Gasteiger partial charge in [-0.15, -0.1) is 0 Å². The standard InChI is InChI=1S/C28H23NO2/c1-4-10-23(11-5-1)28(24-12-6-2-7-13-24,25-14-8-3-9-15-25)29-18-21-16-26-27(31-20-30-26)17-22(21)19-29/h1-17H,18-20H2. The highest BCUT2D eigenvalue weighted by Gasteiger charge is 2.44. The van der Waals surface area contributed by atoms with Crippen LogP contribution in [-0.2, 0) is 18.6 Å². The van der Waals surface area contributed by atoms with Gasteiger partial charge in [-0.05, 0) is 39.9 Å². The topological polar surface area (TPSA) is 21.7 Å². The van der Waals surface area contributed by atoms with E-state index < -0.39 is 5.54 Å². The van der Waals surface area contributed by atoms with Crippen LogP contribution in [0.25, 0.3) is 0 Å². The van der Waals surface area contributed by atoms with Crippen molar-refractivity contribution in [2.24, 2.45) is 0 Å². The van der Waals surface area contributed by atoms with Crippen molar-refractivity contribution in [3.05, 3.63) is 131 Å². The molecule has 6 rings (SSSR count). The van der Waals surface area contributed by atoms with Crippen LogP contribution in [-0.4, -0.2) is 11.7 Å². The first-order chi connectivity index (χ1) is 15.4. The molecule has 152 valence electrons. The summed E-state index contributed by atoms with van der Waals surface area (Å²) in [5.41, 5.74) is 5.99. The van der Waals surface area contributed by atoms with E-state index in [9.17, 15) is 0 Å². The van der Waals surface area contributed by atoms with Crippen molar-refractivity contribution in [3.63, 3.8) is 0 Å². The summed E-state index contributed by atoms with van der Waals surface area (Å²) in [6, 6.07) is 36.8. The van der Waals surface area contributed by atoms with Crippen LogP contribution in [0.2, 0.25) is 0 Å². The molecular weight excluding hydrogens is 382 g/mol. The quantitative estimate of drug-likeness (QED) is 0.405. The maximum Gasteiger partial charge on any atom is 0.231 e. The third-order valence-electron chi connectivity index (χ3n) is 6.47. The van der Waals surface area contributed by atoms with Crippen molar-refractivity contribution in [2.75, 3.05) is 6.79 Å². The summed E-state index contributed by atoms with van der Waals surface area (Å²) in [5.74, 6) is 1.70. The molecule has 0 aliphatic carbocycles. The highest BCUT2D eigenvalue weighted by Crippen LogP contribution is 2.48. The zero-order valence-electron chi connectivity index (χ0n) is 17.2. The molecule has 0 spiro atoms. The Bertz CT molecular complexity index is 1080. The number of benzene rings is 4. The molecule has 0 saturated carbocycles. The third-order valence-corrected chi connectivity index (χ3v) is 6.47. The molecule has 0 N–H and O–H groups in total. The van der Waals surface area contributed by atoms with E-state index in [1.807, 2.05) is 0 Å². The molecule has 0 atom stereocenters. The van der Waals surface area contributed by atoms with Gasteiger partial charge in [-0.3, -0.25) is 4.90 Å². The maximum atomic E-state index is 5.66. The van der Waals surface area contributed by atoms with Gasteiger partial charge in [0.25, 0.3) is 0 Å². The lowest BCUT2D eigenvalue weighted by Gasteiger charge is -2.43. The number of hydrogen-bond donors (Lipinski definition) is 0. The Balaban J connectivity index is 1.57. The number of fused-ring (bicyclic) bond motifs is 2. The predicted molar refractivity (Wildman–Crippen MR) is 121 cm³/mol. The van der Waals surface area contributed by atoms with Gasteiger partial charge in [0, 0.05) is 13.1 Å². The third kappa shape index (κ3) is 2.85. The Hall–Kier alpha value is -3.56. The first-order valence-corrected chi connectivity index (χ1v) is 10.7. The van der Waals surface area contributed by atoms with Crippen LogP contribution in [0.3, 0.4) is 0 Å². The average molecular weight is 405 g/mol. The van der Waals surface area contributed by atoms with Crippen molar-refractivity contribution < 1.29 is 9.47 Å². The summed E-state index contributed by atoms with van der Waals surface area (Å²) in [6.07, 6.45) is 0. The number of nitrogens with zero attached hydrogens (tertiary/aromatic N) is 1. The first kappa shape index (κ1) is 18.2. The van der Waals surface area contributed by atoms with Crippen molar-refractivity contribution >= 4 is 0 Å². The van der Waals surface area contributed by atoms with Crippen molar-refractivity contribution in [2.45, 2.75) is 18.6 Å². The van der Waals surface area contributed by atoms with Gasteiger partial charge >= 0.3 is 0 Å². The minimum Gasteiger partial charge on any atom is -0.454 e. The summed E-state index contributed by atoms with van der Waals surface area (Å²) >= 11 is 0. The fourth-order valence-corrected chi connectivity index (χ4v) is 5.11. The maximum absolute atomic E-state index is 5.66. The molecule has 0 unspecified atom stereocenters. The summed E-state index contributed by atoms with van der Waals surface area (Å²) in [4.78, 5) is 2.58. The van der Waals surface area contributed by atoms with Gasteiger partial charge < -0.3 is 9.47 Å². The molecule has 0 bridgehead atoms. The summed E-state index contributed by atoms with van der Waals surface area (Å²) in [7, 11) is 0. The Morgan fingerprint density at radius 1 is 0.548 bits per heavy atom. The average Bonchev–Trinajstić information content (AvgIpc) is 3.46. The van der Waals surface area contributed by atoms with Gasteiger partial charge in [-0.25, -0.2) is 0 Å². The second-order valence-corrected chi connectivity index (χ2v) is 8.14. The van der Waals surface area contributed by atoms with Gasteiger partial charge in [-0.1, -0.05) is 91.0 Å². The van der Waals surface area contributed by atoms with E-state index in [4.69, 9.17) is 9.47 Å². The lowest BCUT2D eigenvalue weighted by Crippen LogP contribution is -2.45. The van der Waals surface area contributed by atoms with Crippen LogP contribution in [0.1, 0.15) is 27.8 Å². The molecule has 3 nitrogen and oxygen atoms in total. The van der Waals surface area contributed by atoms with Gasteiger partial charge in [0.2, 0.25) is 6.79 Å². The van der Waals surface area contributed by atoms with Gasteiger partial charge in [0.15, 0.2) is 11.5 Å². The summed E-state index contributed by atoms with van der Waals surface area (Å²) in [6.45, 7) is 1.99. The number of hydrogen-bond acceptors (Lipinski definition) is 3. The smallest absolute Gasteiger partial charge is 0.231 e. The molecule has 2 aliphatic rings. The predicted octanol–water partition coefficient (Wildman–Crippen LogP) is 5.72. The fourth-order valence-electron chi connectivity index (χ4n) is 5.11. The van der Waals surface area contributed by atoms with Crippen molar-refractivity contribution in [1.82, 2.24) is 4.90 Å². The SMILES string of the molecule is c1ccc(C(c2ccccc2)(c2ccccc2)N2Cc3cc4c(cc3C2)OCO4)cc1. The Kier molecular flexibility index (Phi) is 4.29. The highest BCUT2D eigenvalue weighted by molar-refractivity contribution is 5.54. The summed E-state index contributed by atoms with van der Waals surface area (Å²) < 4.78 is 11.3. The van der Waals surface area contributed by atoms with Crippen LogP contribution in [0, 0.1) is 0 Å². The van der Waals surface area contributed by atoms with Crippen LogP contribution in [0.15, 0.2) is 103 Å². The Morgan fingerprint density at radius 2 is 0.935 bits per heavy atom. The normalized spacial score (nSPS) is 15.1. The van der Waals surface area contributed by atoms with Gasteiger partial charge in [-0.2, -0.15) is 0 Å². The van der Waals surface area contributed by atoms with Crippen LogP contribution in [0.5, 0.6) is 11.5 Å². The van der Waals surface area contributed by atoms with Crippen molar-refractivity contribution in [3.8, 4) is 11.5 Å². The minimum atomic E-state index is -0.408. The van der Waals surface area contributed by atoms with Gasteiger partial charge in [0.05, 0.1) is 5.54 Å². The van der Waals surface area contributed by atoms with Crippen molar-refractivity contribution in [1.29, 1.82) is 0 Å². The molecule has 0 fully saturated rings. The monoisotopic (exact) mass is 405 g/mol. The second kappa shape index (κ2) is 7.29. The zero-order valence-corrected chi connectivity index (χ0v) is 17.2. The molecule has 0 saturated heterocycles. The molecule has 2 aliphatic heterocycles. The minimum absolute atomic E-state index is 0.309. The van der Waals surface area contributed by atoms with Crippen LogP contribution in [0.4, 0.5) is 0 Å². The lowest BCUT2D eigenvalue weighted by molar-refractivity contribution is 0.156. The summed E-state index contributed by atoms with van der Waals surface area (Å²) in [5, 5.41) is 0. The zero-order chi connectivity index (χ0) is 20.7. The number of ether oxygens (including phenoxy) is 2.